The van der Waals surface area contributed by atoms with Crippen LogP contribution in [0.2, 0.25) is 0 Å². The minimum atomic E-state index is 0.142. The number of hydrogen-bond acceptors (Lipinski definition) is 3. The number of carbonyl (C=O) groups is 1. The molecular formula is C10H21NO2. The summed E-state index contributed by atoms with van der Waals surface area (Å²) in [6.07, 6.45) is 3.83. The summed E-state index contributed by atoms with van der Waals surface area (Å²) in [6, 6.07) is 0. The first-order chi connectivity index (χ1) is 6.20. The molecule has 0 amide bonds. The first kappa shape index (κ1) is 12.6. The Kier molecular flexibility index (Phi) is 7.94. The minimum Gasteiger partial charge on any atom is -0.381 e. The Balaban J connectivity index is 3.19. The van der Waals surface area contributed by atoms with Gasteiger partial charge in [0.1, 0.15) is 5.78 Å². The van der Waals surface area contributed by atoms with E-state index in [2.05, 4.69) is 0 Å². The van der Waals surface area contributed by atoms with E-state index < -0.39 is 0 Å². The van der Waals surface area contributed by atoms with Gasteiger partial charge in [-0.2, -0.15) is 0 Å². The predicted octanol–water partition coefficient (Wildman–Crippen LogP) is 1.41. The zero-order chi connectivity index (χ0) is 10.1. The van der Waals surface area contributed by atoms with Crippen LogP contribution in [0.5, 0.6) is 0 Å². The van der Waals surface area contributed by atoms with E-state index in [1.807, 2.05) is 11.8 Å². The third-order valence-corrected chi connectivity index (χ3v) is 2.15. The highest BCUT2D eigenvalue weighted by molar-refractivity contribution is 5.75. The molecule has 3 nitrogen and oxygen atoms in total. The molecule has 0 unspecified atom stereocenters. The topological polar surface area (TPSA) is 40.5 Å². The van der Waals surface area contributed by atoms with Crippen LogP contribution >= 0.6 is 0 Å². The van der Waals surface area contributed by atoms with Crippen LogP contribution in [0.1, 0.15) is 39.5 Å². The van der Waals surface area contributed by atoms with Gasteiger partial charge in [0.2, 0.25) is 0 Å². The van der Waals surface area contributed by atoms with Gasteiger partial charge < -0.3 is 9.90 Å². The van der Waals surface area contributed by atoms with Crippen molar-refractivity contribution >= 4 is 5.78 Å². The molecule has 0 rings (SSSR count). The van der Waals surface area contributed by atoms with Crippen molar-refractivity contribution in [3.63, 3.8) is 0 Å². The van der Waals surface area contributed by atoms with E-state index >= 15 is 0 Å². The summed E-state index contributed by atoms with van der Waals surface area (Å²) < 4.78 is 0. The average Bonchev–Trinajstić information content (AvgIpc) is 2.11. The first-order valence-electron chi connectivity index (χ1n) is 5.03. The highest BCUT2D eigenvalue weighted by Gasteiger charge is 1.99. The lowest BCUT2D eigenvalue weighted by atomic mass is 10.1. The van der Waals surface area contributed by atoms with Crippen LogP contribution in [0.15, 0.2) is 0 Å². The Morgan fingerprint density at radius 3 is 2.46 bits per heavy atom. The van der Waals surface area contributed by atoms with Crippen LogP contribution in [0, 0.1) is 0 Å². The fourth-order valence-corrected chi connectivity index (χ4v) is 1.21. The molecule has 13 heavy (non-hydrogen) atoms. The molecule has 0 fully saturated rings. The second-order valence-corrected chi connectivity index (χ2v) is 3.36. The fourth-order valence-electron chi connectivity index (χ4n) is 1.21. The van der Waals surface area contributed by atoms with Gasteiger partial charge in [-0.3, -0.25) is 4.90 Å². The number of rotatable bonds is 8. The third-order valence-electron chi connectivity index (χ3n) is 2.15. The van der Waals surface area contributed by atoms with E-state index in [1.54, 1.807) is 6.92 Å². The number of ketones is 1. The van der Waals surface area contributed by atoms with Gasteiger partial charge in [-0.25, -0.2) is 0 Å². The van der Waals surface area contributed by atoms with E-state index in [1.165, 1.54) is 0 Å². The SMILES string of the molecule is CCN(CO)CCCCCC(C)=O. The lowest BCUT2D eigenvalue weighted by Gasteiger charge is -2.16. The van der Waals surface area contributed by atoms with Crippen LogP contribution in [-0.2, 0) is 4.79 Å². The molecule has 0 heterocycles. The average molecular weight is 187 g/mol. The normalized spacial score (nSPS) is 10.8. The maximum Gasteiger partial charge on any atom is 0.129 e. The Bertz CT molecular complexity index is 133. The molecule has 0 aromatic rings. The minimum absolute atomic E-state index is 0.142. The van der Waals surface area contributed by atoms with Gasteiger partial charge in [0, 0.05) is 13.0 Å². The van der Waals surface area contributed by atoms with Gasteiger partial charge >= 0.3 is 0 Å². The van der Waals surface area contributed by atoms with Gasteiger partial charge in [-0.1, -0.05) is 13.3 Å². The van der Waals surface area contributed by atoms with Crippen molar-refractivity contribution in [2.24, 2.45) is 0 Å². The largest absolute Gasteiger partial charge is 0.381 e. The Morgan fingerprint density at radius 2 is 2.00 bits per heavy atom. The molecule has 0 radical (unpaired) electrons. The van der Waals surface area contributed by atoms with Crippen molar-refractivity contribution in [2.75, 3.05) is 19.8 Å². The molecule has 0 saturated carbocycles. The van der Waals surface area contributed by atoms with E-state index in [9.17, 15) is 4.79 Å². The van der Waals surface area contributed by atoms with Crippen molar-refractivity contribution < 1.29 is 9.90 Å². The molecule has 0 aromatic carbocycles. The molecule has 78 valence electrons. The lowest BCUT2D eigenvalue weighted by Crippen LogP contribution is -2.25. The molecule has 0 aliphatic carbocycles. The van der Waals surface area contributed by atoms with Gasteiger partial charge in [-0.15, -0.1) is 0 Å². The maximum atomic E-state index is 10.6. The highest BCUT2D eigenvalue weighted by Crippen LogP contribution is 2.01. The molecule has 0 aliphatic heterocycles. The van der Waals surface area contributed by atoms with Gasteiger partial charge in [0.15, 0.2) is 0 Å². The Hall–Kier alpha value is -0.410. The van der Waals surface area contributed by atoms with E-state index in [-0.39, 0.29) is 12.5 Å². The monoisotopic (exact) mass is 187 g/mol. The quantitative estimate of drug-likeness (QED) is 0.461. The third kappa shape index (κ3) is 7.94. The number of hydrogen-bond donors (Lipinski definition) is 1. The number of nitrogens with zero attached hydrogens (tertiary/aromatic N) is 1. The molecule has 0 aromatic heterocycles. The Labute approximate surface area is 80.7 Å². The summed E-state index contributed by atoms with van der Waals surface area (Å²) in [6.45, 7) is 5.63. The summed E-state index contributed by atoms with van der Waals surface area (Å²) >= 11 is 0. The zero-order valence-corrected chi connectivity index (χ0v) is 8.75. The lowest BCUT2D eigenvalue weighted by molar-refractivity contribution is -0.117. The first-order valence-corrected chi connectivity index (χ1v) is 5.03. The van der Waals surface area contributed by atoms with Crippen LogP contribution in [-0.4, -0.2) is 35.6 Å². The second kappa shape index (κ2) is 8.20. The molecule has 0 atom stereocenters. The van der Waals surface area contributed by atoms with Crippen LogP contribution < -0.4 is 0 Å². The molecule has 0 saturated heterocycles. The predicted molar refractivity (Wildman–Crippen MR) is 53.5 cm³/mol. The number of aliphatic hydroxyl groups is 1. The standard InChI is InChI=1S/C10H21NO2/c1-3-11(9-12)8-6-4-5-7-10(2)13/h12H,3-9H2,1-2H3. The summed E-state index contributed by atoms with van der Waals surface area (Å²) in [4.78, 5) is 12.6. The molecule has 0 bridgehead atoms. The summed E-state index contributed by atoms with van der Waals surface area (Å²) in [5, 5.41) is 8.84. The van der Waals surface area contributed by atoms with Crippen molar-refractivity contribution in [3.8, 4) is 0 Å². The number of unbranched alkanes of at least 4 members (excludes halogenated alkanes) is 2. The fraction of sp³-hybridized carbons (Fsp3) is 0.900. The zero-order valence-electron chi connectivity index (χ0n) is 8.75. The van der Waals surface area contributed by atoms with Crippen molar-refractivity contribution in [3.05, 3.63) is 0 Å². The van der Waals surface area contributed by atoms with Crippen molar-refractivity contribution in [1.29, 1.82) is 0 Å². The molecule has 3 heteroatoms. The molecular weight excluding hydrogens is 166 g/mol. The van der Waals surface area contributed by atoms with E-state index in [0.717, 1.165) is 32.4 Å². The molecule has 0 spiro atoms. The smallest absolute Gasteiger partial charge is 0.129 e. The number of aliphatic hydroxyl groups excluding tert-OH is 1. The maximum absolute atomic E-state index is 10.6. The van der Waals surface area contributed by atoms with Gasteiger partial charge in [0.25, 0.3) is 0 Å². The highest BCUT2D eigenvalue weighted by atomic mass is 16.3. The Morgan fingerprint density at radius 1 is 1.31 bits per heavy atom. The molecule has 1 N–H and O–H groups in total. The van der Waals surface area contributed by atoms with Crippen molar-refractivity contribution in [1.82, 2.24) is 4.90 Å². The van der Waals surface area contributed by atoms with Crippen LogP contribution in [0.4, 0.5) is 0 Å². The summed E-state index contributed by atoms with van der Waals surface area (Å²) in [5.74, 6) is 0.273. The molecule has 0 aliphatic rings. The van der Waals surface area contributed by atoms with E-state index in [4.69, 9.17) is 5.11 Å². The number of carbonyl (C=O) groups excluding carboxylic acids is 1. The summed E-state index contributed by atoms with van der Waals surface area (Å²) in [5.41, 5.74) is 0. The van der Waals surface area contributed by atoms with Gasteiger partial charge in [0.05, 0.1) is 6.73 Å². The second-order valence-electron chi connectivity index (χ2n) is 3.36. The van der Waals surface area contributed by atoms with Crippen LogP contribution in [0.3, 0.4) is 0 Å². The van der Waals surface area contributed by atoms with E-state index in [0.29, 0.717) is 6.42 Å². The van der Waals surface area contributed by atoms with Crippen molar-refractivity contribution in [2.45, 2.75) is 39.5 Å². The number of Topliss-reactive ketones (excluding diaryl/α,β-unsaturated/α-hetero) is 1. The summed E-state index contributed by atoms with van der Waals surface area (Å²) in [7, 11) is 0. The van der Waals surface area contributed by atoms with Crippen LogP contribution in [0.25, 0.3) is 0 Å². The van der Waals surface area contributed by atoms with Gasteiger partial charge in [-0.05, 0) is 26.3 Å².